The second-order valence-corrected chi connectivity index (χ2v) is 6.49. The molecule has 0 aliphatic carbocycles. The van der Waals surface area contributed by atoms with Gasteiger partial charge in [0.15, 0.2) is 0 Å². The molecule has 0 fully saturated rings. The maximum atomic E-state index is 12.7. The van der Waals surface area contributed by atoms with Crippen molar-refractivity contribution < 1.29 is 4.79 Å². The smallest absolute Gasteiger partial charge is 0.319 e. The maximum absolute atomic E-state index is 12.7. The lowest BCUT2D eigenvalue weighted by Crippen LogP contribution is -2.33. The van der Waals surface area contributed by atoms with Crippen LogP contribution in [0.15, 0.2) is 109 Å². The third-order valence-electron chi connectivity index (χ3n) is 4.57. The molecule has 2 N–H and O–H groups in total. The summed E-state index contributed by atoms with van der Waals surface area (Å²) in [6.45, 7) is 0. The van der Waals surface area contributed by atoms with Gasteiger partial charge in [0, 0.05) is 23.8 Å². The van der Waals surface area contributed by atoms with Crippen molar-refractivity contribution in [3.05, 3.63) is 121 Å². The van der Waals surface area contributed by atoms with E-state index in [9.17, 15) is 4.79 Å². The van der Waals surface area contributed by atoms with Crippen molar-refractivity contribution in [2.75, 3.05) is 5.32 Å². The zero-order valence-electron chi connectivity index (χ0n) is 15.3. The Labute approximate surface area is 164 Å². The molecular weight excluding hydrogens is 346 g/mol. The summed E-state index contributed by atoms with van der Waals surface area (Å²) in [5.74, 6) is 0. The molecule has 0 radical (unpaired) electrons. The van der Waals surface area contributed by atoms with Gasteiger partial charge in [-0.2, -0.15) is 0 Å². The molecule has 2 amide bonds. The first-order chi connectivity index (χ1) is 13.8. The monoisotopic (exact) mass is 367 g/mol. The number of aromatic nitrogens is 1. The van der Waals surface area contributed by atoms with Crippen LogP contribution in [0.1, 0.15) is 17.2 Å². The standard InChI is InChI=1S/C24H21N3O/c28-24(25-21-13-15-22(16-14-21)27-17-7-8-18-27)26-23(19-9-3-1-4-10-19)20-11-5-2-6-12-20/h1-18,23H,(H2,25,26,28). The Morgan fingerprint density at radius 3 is 1.75 bits per heavy atom. The number of hydrogen-bond acceptors (Lipinski definition) is 1. The predicted molar refractivity (Wildman–Crippen MR) is 113 cm³/mol. The van der Waals surface area contributed by atoms with Crippen LogP contribution in [0.25, 0.3) is 5.69 Å². The van der Waals surface area contributed by atoms with Crippen molar-refractivity contribution in [3.63, 3.8) is 0 Å². The number of nitrogens with one attached hydrogen (secondary N) is 2. The number of urea groups is 1. The van der Waals surface area contributed by atoms with Crippen molar-refractivity contribution >= 4 is 11.7 Å². The van der Waals surface area contributed by atoms with E-state index in [1.807, 2.05) is 114 Å². The first-order valence-corrected chi connectivity index (χ1v) is 9.20. The molecule has 0 bridgehead atoms. The summed E-state index contributed by atoms with van der Waals surface area (Å²) in [6, 6.07) is 31.2. The zero-order valence-corrected chi connectivity index (χ0v) is 15.3. The van der Waals surface area contributed by atoms with Gasteiger partial charge in [-0.15, -0.1) is 0 Å². The number of nitrogens with zero attached hydrogens (tertiary/aromatic N) is 1. The number of benzene rings is 3. The average molecular weight is 367 g/mol. The van der Waals surface area contributed by atoms with E-state index in [2.05, 4.69) is 10.6 Å². The number of rotatable bonds is 5. The van der Waals surface area contributed by atoms with Gasteiger partial charge in [0.2, 0.25) is 0 Å². The van der Waals surface area contributed by atoms with Crippen molar-refractivity contribution in [2.45, 2.75) is 6.04 Å². The first kappa shape index (κ1) is 17.6. The fraction of sp³-hybridized carbons (Fsp3) is 0.0417. The van der Waals surface area contributed by atoms with Gasteiger partial charge in [0.25, 0.3) is 0 Å². The molecule has 0 atom stereocenters. The first-order valence-electron chi connectivity index (χ1n) is 9.20. The highest BCUT2D eigenvalue weighted by Gasteiger charge is 2.16. The molecule has 0 unspecified atom stereocenters. The largest absolute Gasteiger partial charge is 0.327 e. The summed E-state index contributed by atoms with van der Waals surface area (Å²) in [6.07, 6.45) is 3.97. The van der Waals surface area contributed by atoms with Crippen LogP contribution in [0.3, 0.4) is 0 Å². The molecule has 0 spiro atoms. The van der Waals surface area contributed by atoms with Crippen molar-refractivity contribution in [1.29, 1.82) is 0 Å². The Hall–Kier alpha value is -3.79. The molecule has 4 heteroatoms. The van der Waals surface area contributed by atoms with E-state index in [-0.39, 0.29) is 12.1 Å². The average Bonchev–Trinajstić information content (AvgIpc) is 3.29. The van der Waals surface area contributed by atoms with Gasteiger partial charge in [0.05, 0.1) is 6.04 Å². The van der Waals surface area contributed by atoms with Gasteiger partial charge >= 0.3 is 6.03 Å². The molecule has 4 rings (SSSR count). The molecule has 138 valence electrons. The fourth-order valence-corrected chi connectivity index (χ4v) is 3.17. The van der Waals surface area contributed by atoms with Crippen LogP contribution in [-0.4, -0.2) is 10.6 Å². The molecule has 0 saturated carbocycles. The minimum atomic E-state index is -0.244. The lowest BCUT2D eigenvalue weighted by atomic mass is 9.99. The van der Waals surface area contributed by atoms with Crippen LogP contribution in [0.2, 0.25) is 0 Å². The molecule has 28 heavy (non-hydrogen) atoms. The van der Waals surface area contributed by atoms with Gasteiger partial charge in [-0.3, -0.25) is 0 Å². The normalized spacial score (nSPS) is 10.6. The lowest BCUT2D eigenvalue weighted by Gasteiger charge is -2.20. The van der Waals surface area contributed by atoms with Crippen LogP contribution in [-0.2, 0) is 0 Å². The number of anilines is 1. The van der Waals surface area contributed by atoms with E-state index in [1.165, 1.54) is 0 Å². The van der Waals surface area contributed by atoms with E-state index >= 15 is 0 Å². The Morgan fingerprint density at radius 1 is 0.679 bits per heavy atom. The molecule has 4 aromatic rings. The fourth-order valence-electron chi connectivity index (χ4n) is 3.17. The maximum Gasteiger partial charge on any atom is 0.319 e. The van der Waals surface area contributed by atoms with Crippen LogP contribution < -0.4 is 10.6 Å². The summed E-state index contributed by atoms with van der Waals surface area (Å²) >= 11 is 0. The quantitative estimate of drug-likeness (QED) is 0.488. The number of hydrogen-bond donors (Lipinski definition) is 2. The Balaban J connectivity index is 1.49. The summed E-state index contributed by atoms with van der Waals surface area (Å²) < 4.78 is 2.02. The van der Waals surface area contributed by atoms with Crippen LogP contribution in [0.5, 0.6) is 0 Å². The van der Waals surface area contributed by atoms with Crippen LogP contribution >= 0.6 is 0 Å². The van der Waals surface area contributed by atoms with E-state index in [4.69, 9.17) is 0 Å². The molecule has 0 saturated heterocycles. The van der Waals surface area contributed by atoms with Gasteiger partial charge in [-0.25, -0.2) is 4.79 Å². The van der Waals surface area contributed by atoms with Crippen LogP contribution in [0.4, 0.5) is 10.5 Å². The number of carbonyl (C=O) groups excluding carboxylic acids is 1. The Kier molecular flexibility index (Phi) is 5.20. The SMILES string of the molecule is O=C(Nc1ccc(-n2cccc2)cc1)NC(c1ccccc1)c1ccccc1. The van der Waals surface area contributed by atoms with Gasteiger partial charge in [-0.1, -0.05) is 60.7 Å². The zero-order chi connectivity index (χ0) is 19.2. The van der Waals surface area contributed by atoms with E-state index < -0.39 is 0 Å². The highest BCUT2D eigenvalue weighted by molar-refractivity contribution is 5.89. The van der Waals surface area contributed by atoms with E-state index in [0.717, 1.165) is 22.5 Å². The number of carbonyl (C=O) groups is 1. The van der Waals surface area contributed by atoms with E-state index in [0.29, 0.717) is 0 Å². The third-order valence-corrected chi connectivity index (χ3v) is 4.57. The topological polar surface area (TPSA) is 46.1 Å². The molecule has 4 nitrogen and oxygen atoms in total. The third kappa shape index (κ3) is 4.13. The van der Waals surface area contributed by atoms with Gasteiger partial charge < -0.3 is 15.2 Å². The highest BCUT2D eigenvalue weighted by Crippen LogP contribution is 2.22. The summed E-state index contributed by atoms with van der Waals surface area (Å²) in [5.41, 5.74) is 3.86. The molecule has 0 aliphatic heterocycles. The lowest BCUT2D eigenvalue weighted by molar-refractivity contribution is 0.250. The van der Waals surface area contributed by atoms with Crippen molar-refractivity contribution in [1.82, 2.24) is 9.88 Å². The minimum Gasteiger partial charge on any atom is -0.327 e. The molecule has 3 aromatic carbocycles. The molecular formula is C24H21N3O. The molecule has 0 aliphatic rings. The Morgan fingerprint density at radius 2 is 1.21 bits per heavy atom. The number of amides is 2. The van der Waals surface area contributed by atoms with E-state index in [1.54, 1.807) is 0 Å². The van der Waals surface area contributed by atoms with Gasteiger partial charge in [-0.05, 0) is 47.5 Å². The summed E-state index contributed by atoms with van der Waals surface area (Å²) in [4.78, 5) is 12.7. The molecule has 1 heterocycles. The predicted octanol–water partition coefficient (Wildman–Crippen LogP) is 5.39. The van der Waals surface area contributed by atoms with Crippen LogP contribution in [0, 0.1) is 0 Å². The summed E-state index contributed by atoms with van der Waals surface area (Å²) in [5, 5.41) is 6.01. The molecule has 1 aromatic heterocycles. The summed E-state index contributed by atoms with van der Waals surface area (Å²) in [7, 11) is 0. The highest BCUT2D eigenvalue weighted by atomic mass is 16.2. The Bertz CT molecular complexity index is 971. The van der Waals surface area contributed by atoms with Crippen molar-refractivity contribution in [2.24, 2.45) is 0 Å². The minimum absolute atomic E-state index is 0.221. The van der Waals surface area contributed by atoms with Crippen molar-refractivity contribution in [3.8, 4) is 5.69 Å². The second kappa shape index (κ2) is 8.27. The van der Waals surface area contributed by atoms with Gasteiger partial charge in [0.1, 0.15) is 0 Å². The second-order valence-electron chi connectivity index (χ2n) is 6.49.